The first-order chi connectivity index (χ1) is 8.27. The molecular weight excluding hydrogens is 230 g/mol. The molecule has 0 spiro atoms. The van der Waals surface area contributed by atoms with Crippen molar-refractivity contribution in [3.63, 3.8) is 0 Å². The molecule has 1 aliphatic heterocycles. The molecule has 1 amide bonds. The van der Waals surface area contributed by atoms with Gasteiger partial charge in [0.05, 0.1) is 4.88 Å². The number of hydrogen-bond acceptors (Lipinski definition) is 2. The average Bonchev–Trinajstić information content (AvgIpc) is 2.97. The highest BCUT2D eigenvalue weighted by Gasteiger charge is 2.23. The summed E-state index contributed by atoms with van der Waals surface area (Å²) in [5.74, 6) is 0.223. The van der Waals surface area contributed by atoms with Gasteiger partial charge in [-0.2, -0.15) is 0 Å². The van der Waals surface area contributed by atoms with Gasteiger partial charge >= 0.3 is 0 Å². The first-order valence-electron chi connectivity index (χ1n) is 6.05. The zero-order valence-corrected chi connectivity index (χ0v) is 10.7. The van der Waals surface area contributed by atoms with Crippen LogP contribution >= 0.6 is 11.3 Å². The number of aryl methyl sites for hydroxylation is 1. The summed E-state index contributed by atoms with van der Waals surface area (Å²) in [6.45, 7) is 3.90. The predicted octanol–water partition coefficient (Wildman–Crippen LogP) is 3.45. The Morgan fingerprint density at radius 1 is 1.24 bits per heavy atom. The van der Waals surface area contributed by atoms with Crippen molar-refractivity contribution in [1.82, 2.24) is 4.90 Å². The van der Waals surface area contributed by atoms with Crippen LogP contribution in [0.4, 0.5) is 0 Å². The van der Waals surface area contributed by atoms with Crippen molar-refractivity contribution in [1.29, 1.82) is 0 Å². The predicted molar refractivity (Wildman–Crippen MR) is 71.7 cm³/mol. The number of amides is 1. The van der Waals surface area contributed by atoms with E-state index in [1.54, 1.807) is 11.3 Å². The van der Waals surface area contributed by atoms with Crippen LogP contribution in [0.25, 0.3) is 10.1 Å². The van der Waals surface area contributed by atoms with Crippen LogP contribution in [0.1, 0.15) is 28.1 Å². The van der Waals surface area contributed by atoms with E-state index in [1.165, 1.54) is 10.1 Å². The molecule has 0 N–H and O–H groups in total. The molecule has 0 atom stereocenters. The van der Waals surface area contributed by atoms with Crippen LogP contribution in [0, 0.1) is 6.92 Å². The summed E-state index contributed by atoms with van der Waals surface area (Å²) >= 11 is 1.63. The van der Waals surface area contributed by atoms with E-state index in [9.17, 15) is 4.79 Å². The molecule has 1 saturated heterocycles. The Balaban J connectivity index is 2.05. The fraction of sp³-hybridized carbons (Fsp3) is 0.357. The number of fused-ring (bicyclic) bond motifs is 1. The molecule has 1 aromatic carbocycles. The molecule has 0 bridgehead atoms. The van der Waals surface area contributed by atoms with Gasteiger partial charge in [-0.3, -0.25) is 4.79 Å². The summed E-state index contributed by atoms with van der Waals surface area (Å²) < 4.78 is 1.22. The second-order valence-electron chi connectivity index (χ2n) is 4.55. The SMILES string of the molecule is Cc1c(C(=O)N2CCCC2)sc2ccccc12. The van der Waals surface area contributed by atoms with Crippen molar-refractivity contribution in [3.8, 4) is 0 Å². The lowest BCUT2D eigenvalue weighted by atomic mass is 10.1. The van der Waals surface area contributed by atoms with Crippen LogP contribution in [0.5, 0.6) is 0 Å². The second kappa shape index (κ2) is 4.15. The Kier molecular flexibility index (Phi) is 2.63. The van der Waals surface area contributed by atoms with E-state index < -0.39 is 0 Å². The molecule has 1 fully saturated rings. The van der Waals surface area contributed by atoms with Crippen molar-refractivity contribution < 1.29 is 4.79 Å². The van der Waals surface area contributed by atoms with Gasteiger partial charge in [-0.05, 0) is 36.8 Å². The standard InChI is InChI=1S/C14H15NOS/c1-10-11-6-2-3-7-12(11)17-13(10)14(16)15-8-4-5-9-15/h2-3,6-7H,4-5,8-9H2,1H3. The quantitative estimate of drug-likeness (QED) is 0.753. The smallest absolute Gasteiger partial charge is 0.264 e. The van der Waals surface area contributed by atoms with Crippen molar-refractivity contribution in [2.45, 2.75) is 19.8 Å². The number of rotatable bonds is 1. The number of thiophene rings is 1. The van der Waals surface area contributed by atoms with Gasteiger partial charge in [0, 0.05) is 17.8 Å². The summed E-state index contributed by atoms with van der Waals surface area (Å²) in [6, 6.07) is 8.25. The lowest BCUT2D eigenvalue weighted by Gasteiger charge is -2.14. The summed E-state index contributed by atoms with van der Waals surface area (Å²) in [5.41, 5.74) is 1.14. The number of carbonyl (C=O) groups excluding carboxylic acids is 1. The minimum atomic E-state index is 0.223. The highest BCUT2D eigenvalue weighted by Crippen LogP contribution is 2.31. The maximum atomic E-state index is 12.4. The Bertz CT molecular complexity index is 567. The molecule has 1 aliphatic rings. The Morgan fingerprint density at radius 2 is 1.94 bits per heavy atom. The molecule has 2 nitrogen and oxygen atoms in total. The third-order valence-electron chi connectivity index (χ3n) is 3.43. The Labute approximate surface area is 105 Å². The van der Waals surface area contributed by atoms with E-state index in [0.29, 0.717) is 0 Å². The van der Waals surface area contributed by atoms with Gasteiger partial charge in [0.1, 0.15) is 0 Å². The molecule has 2 aromatic rings. The summed E-state index contributed by atoms with van der Waals surface area (Å²) in [6.07, 6.45) is 2.30. The van der Waals surface area contributed by atoms with Gasteiger partial charge < -0.3 is 4.90 Å². The third-order valence-corrected chi connectivity index (χ3v) is 4.69. The fourth-order valence-electron chi connectivity index (χ4n) is 2.44. The first-order valence-corrected chi connectivity index (χ1v) is 6.86. The van der Waals surface area contributed by atoms with Crippen LogP contribution in [0.15, 0.2) is 24.3 Å². The molecule has 17 heavy (non-hydrogen) atoms. The minimum Gasteiger partial charge on any atom is -0.338 e. The third kappa shape index (κ3) is 1.75. The summed E-state index contributed by atoms with van der Waals surface area (Å²) in [4.78, 5) is 15.3. The van der Waals surface area contributed by atoms with E-state index >= 15 is 0 Å². The Morgan fingerprint density at radius 3 is 2.65 bits per heavy atom. The van der Waals surface area contributed by atoms with Crippen LogP contribution in [-0.2, 0) is 0 Å². The van der Waals surface area contributed by atoms with E-state index in [1.807, 2.05) is 17.0 Å². The van der Waals surface area contributed by atoms with Crippen LogP contribution in [-0.4, -0.2) is 23.9 Å². The number of hydrogen-bond donors (Lipinski definition) is 0. The largest absolute Gasteiger partial charge is 0.338 e. The molecule has 0 saturated carbocycles. The number of likely N-dealkylation sites (tertiary alicyclic amines) is 1. The molecule has 0 aliphatic carbocycles. The van der Waals surface area contributed by atoms with E-state index in [2.05, 4.69) is 19.1 Å². The zero-order chi connectivity index (χ0) is 11.8. The number of benzene rings is 1. The Hall–Kier alpha value is -1.35. The van der Waals surface area contributed by atoms with Crippen LogP contribution in [0.2, 0.25) is 0 Å². The van der Waals surface area contributed by atoms with Gasteiger partial charge in [0.2, 0.25) is 0 Å². The topological polar surface area (TPSA) is 20.3 Å². The summed E-state index contributed by atoms with van der Waals surface area (Å²) in [7, 11) is 0. The van der Waals surface area contributed by atoms with Gasteiger partial charge in [0.15, 0.2) is 0 Å². The van der Waals surface area contributed by atoms with Crippen molar-refractivity contribution in [2.24, 2.45) is 0 Å². The van der Waals surface area contributed by atoms with Gasteiger partial charge in [-0.25, -0.2) is 0 Å². The van der Waals surface area contributed by atoms with Gasteiger partial charge in [-0.1, -0.05) is 18.2 Å². The molecule has 0 radical (unpaired) electrons. The molecule has 88 valence electrons. The normalized spacial score (nSPS) is 15.7. The van der Waals surface area contributed by atoms with E-state index in [-0.39, 0.29) is 5.91 Å². The van der Waals surface area contributed by atoms with Crippen molar-refractivity contribution in [3.05, 3.63) is 34.7 Å². The van der Waals surface area contributed by atoms with E-state index in [0.717, 1.165) is 36.4 Å². The molecule has 3 heteroatoms. The lowest BCUT2D eigenvalue weighted by Crippen LogP contribution is -2.27. The molecule has 1 aromatic heterocycles. The first kappa shape index (κ1) is 10.8. The lowest BCUT2D eigenvalue weighted by molar-refractivity contribution is 0.0797. The number of nitrogens with zero attached hydrogens (tertiary/aromatic N) is 1. The zero-order valence-electron chi connectivity index (χ0n) is 9.90. The molecule has 0 unspecified atom stereocenters. The fourth-order valence-corrected chi connectivity index (χ4v) is 3.62. The van der Waals surface area contributed by atoms with Gasteiger partial charge in [0.25, 0.3) is 5.91 Å². The van der Waals surface area contributed by atoms with Crippen molar-refractivity contribution >= 4 is 27.3 Å². The molecule has 2 heterocycles. The van der Waals surface area contributed by atoms with Crippen molar-refractivity contribution in [2.75, 3.05) is 13.1 Å². The highest BCUT2D eigenvalue weighted by molar-refractivity contribution is 7.21. The highest BCUT2D eigenvalue weighted by atomic mass is 32.1. The summed E-state index contributed by atoms with van der Waals surface area (Å²) in [5, 5.41) is 1.22. The van der Waals surface area contributed by atoms with E-state index in [4.69, 9.17) is 0 Å². The average molecular weight is 245 g/mol. The molecule has 3 rings (SSSR count). The number of carbonyl (C=O) groups is 1. The second-order valence-corrected chi connectivity index (χ2v) is 5.60. The molecular formula is C14H15NOS. The van der Waals surface area contributed by atoms with Crippen LogP contribution in [0.3, 0.4) is 0 Å². The minimum absolute atomic E-state index is 0.223. The maximum absolute atomic E-state index is 12.4. The maximum Gasteiger partial charge on any atom is 0.264 e. The van der Waals surface area contributed by atoms with Gasteiger partial charge in [-0.15, -0.1) is 11.3 Å². The monoisotopic (exact) mass is 245 g/mol. The van der Waals surface area contributed by atoms with Crippen LogP contribution < -0.4 is 0 Å².